The van der Waals surface area contributed by atoms with Crippen LogP contribution in [0, 0.1) is 0 Å². The number of unbranched alkanes of at least 4 members (excludes halogenated alkanes) is 17. The van der Waals surface area contributed by atoms with Gasteiger partial charge in [0.2, 0.25) is 0 Å². The van der Waals surface area contributed by atoms with E-state index >= 15 is 0 Å². The summed E-state index contributed by atoms with van der Waals surface area (Å²) in [4.78, 5) is 37.8. The number of carbonyl (C=O) groups excluding carboxylic acids is 3. The van der Waals surface area contributed by atoms with E-state index in [-0.39, 0.29) is 31.1 Å². The predicted octanol–water partition coefficient (Wildman–Crippen LogP) is 15.7. The molecule has 61 heavy (non-hydrogen) atoms. The lowest BCUT2D eigenvalue weighted by atomic mass is 10.1. The molecule has 0 spiro atoms. The SMILES string of the molecule is CC\C=C/C=C\C=C/C=C\C=C\C=C/C=C\CCCCCC(=O)OCC(COC(=O)CCC/C=C\CCCCCC)OC(=O)CCCCCCCC/C=C\C=C/CCCCC. The molecule has 0 N–H and O–H groups in total. The fourth-order valence-electron chi connectivity index (χ4n) is 6.01. The summed E-state index contributed by atoms with van der Waals surface area (Å²) in [5.41, 5.74) is 0. The summed E-state index contributed by atoms with van der Waals surface area (Å²) < 4.78 is 16.6. The lowest BCUT2D eigenvalue weighted by Crippen LogP contribution is -2.30. The third-order valence-corrected chi connectivity index (χ3v) is 9.64. The normalized spacial score (nSPS) is 13.2. The second-order valence-corrected chi connectivity index (χ2v) is 15.5. The zero-order valence-electron chi connectivity index (χ0n) is 38.9. The molecule has 6 heteroatoms. The minimum atomic E-state index is -0.816. The first-order chi connectivity index (χ1) is 30.0. The summed E-state index contributed by atoms with van der Waals surface area (Å²) in [5.74, 6) is -1.02. The van der Waals surface area contributed by atoms with Crippen molar-refractivity contribution in [3.63, 3.8) is 0 Å². The van der Waals surface area contributed by atoms with Gasteiger partial charge in [-0.15, -0.1) is 0 Å². The average Bonchev–Trinajstić information content (AvgIpc) is 3.26. The Morgan fingerprint density at radius 3 is 1.18 bits per heavy atom. The van der Waals surface area contributed by atoms with E-state index in [0.29, 0.717) is 25.7 Å². The summed E-state index contributed by atoms with van der Waals surface area (Å²) >= 11 is 0. The minimum absolute atomic E-state index is 0.117. The minimum Gasteiger partial charge on any atom is -0.462 e. The Labute approximate surface area is 373 Å². The van der Waals surface area contributed by atoms with Gasteiger partial charge in [-0.25, -0.2) is 0 Å². The van der Waals surface area contributed by atoms with Gasteiger partial charge in [0.05, 0.1) is 0 Å². The zero-order chi connectivity index (χ0) is 44.4. The largest absolute Gasteiger partial charge is 0.462 e. The summed E-state index contributed by atoms with van der Waals surface area (Å²) in [7, 11) is 0. The van der Waals surface area contributed by atoms with Gasteiger partial charge in [0.1, 0.15) is 13.2 Å². The second kappa shape index (κ2) is 48.5. The lowest BCUT2D eigenvalue weighted by Gasteiger charge is -2.18. The predicted molar refractivity (Wildman–Crippen MR) is 260 cm³/mol. The molecule has 0 aromatic rings. The molecule has 0 aliphatic carbocycles. The number of ether oxygens (including phenoxy) is 3. The van der Waals surface area contributed by atoms with Gasteiger partial charge in [-0.1, -0.05) is 206 Å². The summed E-state index contributed by atoms with van der Waals surface area (Å²) in [5, 5.41) is 0. The quantitative estimate of drug-likeness (QED) is 0.0201. The highest BCUT2D eigenvalue weighted by molar-refractivity contribution is 5.71. The lowest BCUT2D eigenvalue weighted by molar-refractivity contribution is -0.167. The van der Waals surface area contributed by atoms with Gasteiger partial charge in [-0.2, -0.15) is 0 Å². The summed E-state index contributed by atoms with van der Waals surface area (Å²) in [6.45, 7) is 6.32. The van der Waals surface area contributed by atoms with Crippen LogP contribution in [0.15, 0.2) is 122 Å². The maximum atomic E-state index is 12.7. The molecule has 0 saturated heterocycles. The van der Waals surface area contributed by atoms with Gasteiger partial charge in [0, 0.05) is 19.3 Å². The van der Waals surface area contributed by atoms with Crippen molar-refractivity contribution in [1.82, 2.24) is 0 Å². The molecule has 0 saturated carbocycles. The van der Waals surface area contributed by atoms with Crippen molar-refractivity contribution in [1.29, 1.82) is 0 Å². The van der Waals surface area contributed by atoms with Gasteiger partial charge in [0.25, 0.3) is 0 Å². The standard InChI is InChI=1S/C55H86O6/c1-4-7-10-13-16-19-21-23-25-26-27-28-30-31-33-36-39-42-45-48-54(57)60-51-52(50-59-53(56)47-44-41-38-35-18-15-12-9-6-3)61-55(58)49-46-43-40-37-34-32-29-24-22-20-17-14-11-8-5-2/h7,10,13,16-17,19-28,30-31,33,35,38,52H,4-6,8-9,11-12,14-15,18,29,32,34,36-37,39-51H2,1-3H3/b10-7-,16-13-,20-17-,21-19-,24-22-,25-23-,27-26+,30-28-,33-31-,38-35-. The van der Waals surface area contributed by atoms with E-state index in [2.05, 4.69) is 69.4 Å². The molecule has 0 radical (unpaired) electrons. The van der Waals surface area contributed by atoms with Crippen LogP contribution < -0.4 is 0 Å². The van der Waals surface area contributed by atoms with Crippen LogP contribution in [0.2, 0.25) is 0 Å². The third-order valence-electron chi connectivity index (χ3n) is 9.64. The molecule has 0 aromatic carbocycles. The molecular formula is C55H86O6. The van der Waals surface area contributed by atoms with E-state index in [9.17, 15) is 14.4 Å². The molecule has 0 fully saturated rings. The maximum absolute atomic E-state index is 12.7. The summed E-state index contributed by atoms with van der Waals surface area (Å²) in [6, 6.07) is 0. The number of esters is 3. The van der Waals surface area contributed by atoms with E-state index in [1.165, 1.54) is 57.8 Å². The van der Waals surface area contributed by atoms with Gasteiger partial charge < -0.3 is 14.2 Å². The van der Waals surface area contributed by atoms with Crippen LogP contribution in [-0.2, 0) is 28.6 Å². The fraction of sp³-hybridized carbons (Fsp3) is 0.582. The second-order valence-electron chi connectivity index (χ2n) is 15.5. The van der Waals surface area contributed by atoms with E-state index < -0.39 is 6.10 Å². The molecule has 1 unspecified atom stereocenters. The molecule has 0 aliphatic rings. The van der Waals surface area contributed by atoms with Crippen molar-refractivity contribution in [2.75, 3.05) is 13.2 Å². The Bertz CT molecular complexity index is 1340. The van der Waals surface area contributed by atoms with E-state index in [1.807, 2.05) is 72.9 Å². The molecule has 0 amide bonds. The number of carbonyl (C=O) groups is 3. The Morgan fingerprint density at radius 2 is 0.672 bits per heavy atom. The summed E-state index contributed by atoms with van der Waals surface area (Å²) in [6.07, 6.45) is 66.1. The van der Waals surface area contributed by atoms with Crippen LogP contribution in [0.25, 0.3) is 0 Å². The van der Waals surface area contributed by atoms with E-state index in [0.717, 1.165) is 83.5 Å². The van der Waals surface area contributed by atoms with Gasteiger partial charge in [-0.3, -0.25) is 14.4 Å². The van der Waals surface area contributed by atoms with Crippen LogP contribution in [0.3, 0.4) is 0 Å². The highest BCUT2D eigenvalue weighted by atomic mass is 16.6. The molecular weight excluding hydrogens is 757 g/mol. The van der Waals surface area contributed by atoms with Crippen molar-refractivity contribution in [2.45, 2.75) is 194 Å². The number of hydrogen-bond acceptors (Lipinski definition) is 6. The number of hydrogen-bond donors (Lipinski definition) is 0. The van der Waals surface area contributed by atoms with Crippen LogP contribution in [0.5, 0.6) is 0 Å². The van der Waals surface area contributed by atoms with E-state index in [1.54, 1.807) is 0 Å². The monoisotopic (exact) mass is 843 g/mol. The molecule has 6 nitrogen and oxygen atoms in total. The van der Waals surface area contributed by atoms with Crippen LogP contribution in [0.1, 0.15) is 188 Å². The first-order valence-corrected chi connectivity index (χ1v) is 24.2. The maximum Gasteiger partial charge on any atom is 0.306 e. The smallest absolute Gasteiger partial charge is 0.306 e. The molecule has 342 valence electrons. The van der Waals surface area contributed by atoms with Crippen molar-refractivity contribution in [3.05, 3.63) is 122 Å². The van der Waals surface area contributed by atoms with Crippen LogP contribution >= 0.6 is 0 Å². The molecule has 0 heterocycles. The van der Waals surface area contributed by atoms with Gasteiger partial charge >= 0.3 is 17.9 Å². The van der Waals surface area contributed by atoms with Crippen molar-refractivity contribution >= 4 is 17.9 Å². The highest BCUT2D eigenvalue weighted by Crippen LogP contribution is 2.12. The number of rotatable bonds is 41. The Morgan fingerprint density at radius 1 is 0.344 bits per heavy atom. The van der Waals surface area contributed by atoms with Crippen LogP contribution in [-0.4, -0.2) is 37.2 Å². The molecule has 0 aromatic heterocycles. The number of allylic oxidation sites excluding steroid dienone is 20. The molecule has 0 rings (SSSR count). The van der Waals surface area contributed by atoms with Crippen molar-refractivity contribution in [2.24, 2.45) is 0 Å². The third kappa shape index (κ3) is 46.7. The van der Waals surface area contributed by atoms with Gasteiger partial charge in [-0.05, 0) is 83.5 Å². The average molecular weight is 843 g/mol. The highest BCUT2D eigenvalue weighted by Gasteiger charge is 2.19. The Balaban J connectivity index is 4.52. The molecule has 1 atom stereocenters. The molecule has 0 aliphatic heterocycles. The zero-order valence-corrected chi connectivity index (χ0v) is 38.9. The van der Waals surface area contributed by atoms with Crippen molar-refractivity contribution < 1.29 is 28.6 Å². The van der Waals surface area contributed by atoms with Gasteiger partial charge in [0.15, 0.2) is 6.10 Å². The van der Waals surface area contributed by atoms with Crippen molar-refractivity contribution in [3.8, 4) is 0 Å². The Kier molecular flexibility index (Phi) is 45.1. The Hall–Kier alpha value is -4.19. The topological polar surface area (TPSA) is 78.9 Å². The van der Waals surface area contributed by atoms with E-state index in [4.69, 9.17) is 14.2 Å². The molecule has 0 bridgehead atoms. The first-order valence-electron chi connectivity index (χ1n) is 24.2. The first kappa shape index (κ1) is 56.8. The fourth-order valence-corrected chi connectivity index (χ4v) is 6.01. The van der Waals surface area contributed by atoms with Crippen LogP contribution in [0.4, 0.5) is 0 Å².